The van der Waals surface area contributed by atoms with Crippen LogP contribution in [0.15, 0.2) is 18.2 Å². The van der Waals surface area contributed by atoms with E-state index in [0.29, 0.717) is 5.75 Å². The highest BCUT2D eigenvalue weighted by Gasteiger charge is 2.29. The zero-order valence-corrected chi connectivity index (χ0v) is 12.6. The van der Waals surface area contributed by atoms with Crippen LogP contribution in [-0.4, -0.2) is 52.0 Å². The summed E-state index contributed by atoms with van der Waals surface area (Å²) >= 11 is 0. The van der Waals surface area contributed by atoms with Gasteiger partial charge in [0.1, 0.15) is 26.2 Å². The minimum Gasteiger partial charge on any atom is -0.454 e. The normalized spacial score (nSPS) is 25.4. The average molecular weight is 293 g/mol. The molecule has 6 heteroatoms. The molecule has 6 nitrogen and oxygen atoms in total. The molecular weight excluding hydrogens is 270 g/mol. The van der Waals surface area contributed by atoms with Crippen molar-refractivity contribution in [2.75, 3.05) is 45.3 Å². The Morgan fingerprint density at radius 3 is 2.67 bits per heavy atom. The molecule has 1 fully saturated rings. The fourth-order valence-electron chi connectivity index (χ4n) is 2.84. The highest BCUT2D eigenvalue weighted by molar-refractivity contribution is 5.93. The summed E-state index contributed by atoms with van der Waals surface area (Å²) in [5.74, 6) is 1.48. The summed E-state index contributed by atoms with van der Waals surface area (Å²) in [5.41, 5.74) is 0.759. The first-order chi connectivity index (χ1) is 10.1. The van der Waals surface area contributed by atoms with Crippen molar-refractivity contribution in [3.05, 3.63) is 18.2 Å². The first-order valence-electron chi connectivity index (χ1n) is 7.50. The van der Waals surface area contributed by atoms with Crippen LogP contribution in [0.4, 0.5) is 5.69 Å². The summed E-state index contributed by atoms with van der Waals surface area (Å²) in [6.07, 6.45) is 0. The Hall–Kier alpha value is -1.79. The van der Waals surface area contributed by atoms with Gasteiger partial charge in [0, 0.05) is 11.8 Å². The van der Waals surface area contributed by atoms with E-state index in [1.165, 1.54) is 4.90 Å². The number of hydrogen-bond acceptors (Lipinski definition) is 3. The Morgan fingerprint density at radius 1 is 1.19 bits per heavy atom. The maximum Gasteiger partial charge on any atom is 0.282 e. The Labute approximate surface area is 124 Å². The van der Waals surface area contributed by atoms with Gasteiger partial charge in [-0.15, -0.1) is 0 Å². The van der Waals surface area contributed by atoms with E-state index in [4.69, 9.17) is 9.47 Å². The summed E-state index contributed by atoms with van der Waals surface area (Å²) in [4.78, 5) is 15.3. The zero-order valence-electron chi connectivity index (χ0n) is 12.6. The van der Waals surface area contributed by atoms with Gasteiger partial charge in [0.05, 0.1) is 7.05 Å². The number of nitrogens with one attached hydrogen (secondary N) is 3. The van der Waals surface area contributed by atoms with Gasteiger partial charge in [-0.25, -0.2) is 0 Å². The molecule has 2 aliphatic rings. The van der Waals surface area contributed by atoms with Crippen LogP contribution in [0.25, 0.3) is 0 Å². The zero-order chi connectivity index (χ0) is 14.8. The van der Waals surface area contributed by atoms with Crippen LogP contribution in [0.2, 0.25) is 0 Å². The van der Waals surface area contributed by atoms with Crippen LogP contribution in [0.5, 0.6) is 11.5 Å². The predicted molar refractivity (Wildman–Crippen MR) is 78.0 cm³/mol. The van der Waals surface area contributed by atoms with E-state index in [0.717, 1.165) is 37.6 Å². The number of ether oxygens (including phenoxy) is 2. The van der Waals surface area contributed by atoms with Gasteiger partial charge in [0.25, 0.3) is 5.91 Å². The third-order valence-electron chi connectivity index (χ3n) is 4.39. The molecular formula is C15H23N3O3+2. The number of carbonyl (C=O) groups is 1. The molecule has 1 aromatic carbocycles. The summed E-state index contributed by atoms with van der Waals surface area (Å²) in [6, 6.07) is 5.45. The Kier molecular flexibility index (Phi) is 3.98. The number of anilines is 1. The number of fused-ring (bicyclic) bond motifs is 1. The van der Waals surface area contributed by atoms with E-state index < -0.39 is 0 Å². The fraction of sp³-hybridized carbons (Fsp3) is 0.533. The Morgan fingerprint density at radius 2 is 1.90 bits per heavy atom. The molecule has 0 aliphatic carbocycles. The first kappa shape index (κ1) is 14.2. The number of carbonyl (C=O) groups excluding carboxylic acids is 1. The van der Waals surface area contributed by atoms with Crippen LogP contribution in [0.3, 0.4) is 0 Å². The molecule has 0 spiro atoms. The van der Waals surface area contributed by atoms with Gasteiger partial charge in [0.2, 0.25) is 6.79 Å². The lowest BCUT2D eigenvalue weighted by Gasteiger charge is -2.30. The van der Waals surface area contributed by atoms with Crippen molar-refractivity contribution >= 4 is 11.6 Å². The van der Waals surface area contributed by atoms with Gasteiger partial charge < -0.3 is 24.6 Å². The van der Waals surface area contributed by atoms with Crippen molar-refractivity contribution in [2.24, 2.45) is 0 Å². The molecule has 0 saturated carbocycles. The molecule has 1 amide bonds. The molecule has 1 atom stereocenters. The lowest BCUT2D eigenvalue weighted by molar-refractivity contribution is -1.01. The quantitative estimate of drug-likeness (QED) is 0.614. The summed E-state index contributed by atoms with van der Waals surface area (Å²) < 4.78 is 10.6. The molecule has 0 bridgehead atoms. The molecule has 114 valence electrons. The van der Waals surface area contributed by atoms with Crippen LogP contribution >= 0.6 is 0 Å². The second-order valence-corrected chi connectivity index (χ2v) is 5.89. The van der Waals surface area contributed by atoms with Crippen molar-refractivity contribution in [3.63, 3.8) is 0 Å². The van der Waals surface area contributed by atoms with Crippen molar-refractivity contribution in [3.8, 4) is 11.5 Å². The van der Waals surface area contributed by atoms with Crippen LogP contribution in [0, 0.1) is 0 Å². The highest BCUT2D eigenvalue weighted by atomic mass is 16.7. The molecule has 21 heavy (non-hydrogen) atoms. The van der Waals surface area contributed by atoms with Crippen LogP contribution in [0.1, 0.15) is 6.92 Å². The molecule has 1 saturated heterocycles. The smallest absolute Gasteiger partial charge is 0.282 e. The second-order valence-electron chi connectivity index (χ2n) is 5.89. The number of likely N-dealkylation sites (N-methyl/N-ethyl adjacent to an activating group) is 1. The lowest BCUT2D eigenvalue weighted by atomic mass is 10.2. The molecule has 0 radical (unpaired) electrons. The van der Waals surface area contributed by atoms with Crippen molar-refractivity contribution in [1.29, 1.82) is 0 Å². The highest BCUT2D eigenvalue weighted by Crippen LogP contribution is 2.34. The van der Waals surface area contributed by atoms with Crippen molar-refractivity contribution in [2.45, 2.75) is 13.0 Å². The van der Waals surface area contributed by atoms with Crippen LogP contribution in [-0.2, 0) is 4.79 Å². The third kappa shape index (κ3) is 3.11. The number of rotatable bonds is 3. The van der Waals surface area contributed by atoms with Crippen molar-refractivity contribution in [1.82, 2.24) is 0 Å². The SMILES string of the molecule is C[C@H](C(=O)Nc1ccc2c(c1)OCO2)[NH+]1CC[NH+](C)CC1. The summed E-state index contributed by atoms with van der Waals surface area (Å²) in [6.45, 7) is 6.58. The number of amides is 1. The molecule has 0 aromatic heterocycles. The van der Waals surface area contributed by atoms with Crippen LogP contribution < -0.4 is 24.6 Å². The molecule has 2 heterocycles. The standard InChI is InChI=1S/C15H21N3O3/c1-11(18-7-5-17(2)6-8-18)15(19)16-12-3-4-13-14(9-12)21-10-20-13/h3-4,9,11H,5-8,10H2,1-2H3,(H,16,19)/p+2/t11-/m1/s1. The number of hydrogen-bond donors (Lipinski definition) is 3. The molecule has 3 rings (SSSR count). The first-order valence-corrected chi connectivity index (χ1v) is 7.50. The van der Waals surface area contributed by atoms with E-state index in [2.05, 4.69) is 12.4 Å². The van der Waals surface area contributed by atoms with E-state index in [-0.39, 0.29) is 18.7 Å². The average Bonchev–Trinajstić information content (AvgIpc) is 2.95. The fourth-order valence-corrected chi connectivity index (χ4v) is 2.84. The topological polar surface area (TPSA) is 56.4 Å². The summed E-state index contributed by atoms with van der Waals surface area (Å²) in [5, 5.41) is 2.98. The predicted octanol–water partition coefficient (Wildman–Crippen LogP) is -1.84. The van der Waals surface area contributed by atoms with Gasteiger partial charge in [-0.05, 0) is 19.1 Å². The monoisotopic (exact) mass is 293 g/mol. The van der Waals surface area contributed by atoms with Gasteiger partial charge in [-0.3, -0.25) is 4.79 Å². The molecule has 1 aromatic rings. The van der Waals surface area contributed by atoms with Crippen molar-refractivity contribution < 1.29 is 24.1 Å². The Bertz CT molecular complexity index is 527. The minimum atomic E-state index is -0.0384. The number of piperazine rings is 1. The molecule has 3 N–H and O–H groups in total. The lowest BCUT2D eigenvalue weighted by Crippen LogP contribution is -3.29. The van der Waals surface area contributed by atoms with E-state index >= 15 is 0 Å². The number of quaternary nitrogens is 2. The van der Waals surface area contributed by atoms with Gasteiger partial charge >= 0.3 is 0 Å². The third-order valence-corrected chi connectivity index (χ3v) is 4.39. The minimum absolute atomic E-state index is 0.0384. The second kappa shape index (κ2) is 5.91. The van der Waals surface area contributed by atoms with E-state index in [1.54, 1.807) is 4.90 Å². The maximum absolute atomic E-state index is 12.4. The van der Waals surface area contributed by atoms with Gasteiger partial charge in [0.15, 0.2) is 17.5 Å². The van der Waals surface area contributed by atoms with Gasteiger partial charge in [-0.1, -0.05) is 0 Å². The maximum atomic E-state index is 12.4. The van der Waals surface area contributed by atoms with E-state index in [9.17, 15) is 4.79 Å². The number of benzene rings is 1. The Balaban J connectivity index is 1.60. The van der Waals surface area contributed by atoms with Gasteiger partial charge in [-0.2, -0.15) is 0 Å². The molecule has 2 aliphatic heterocycles. The van der Waals surface area contributed by atoms with E-state index in [1.807, 2.05) is 25.1 Å². The largest absolute Gasteiger partial charge is 0.454 e. The molecule has 0 unspecified atom stereocenters. The summed E-state index contributed by atoms with van der Waals surface area (Å²) in [7, 11) is 2.20.